The van der Waals surface area contributed by atoms with Crippen molar-refractivity contribution in [2.45, 2.75) is 25.8 Å². The molecule has 1 amide bonds. The third-order valence-electron chi connectivity index (χ3n) is 4.70. The molecule has 1 N–H and O–H groups in total. The number of amides is 1. The molecule has 130 valence electrons. The topological polar surface area (TPSA) is 63.1 Å². The molecule has 0 bridgehead atoms. The minimum absolute atomic E-state index is 0.123. The van der Waals surface area contributed by atoms with Gasteiger partial charge in [0.2, 0.25) is 0 Å². The van der Waals surface area contributed by atoms with Crippen LogP contribution in [0.2, 0.25) is 0 Å². The lowest BCUT2D eigenvalue weighted by atomic mass is 10.1. The van der Waals surface area contributed by atoms with Gasteiger partial charge >= 0.3 is 0 Å². The number of rotatable bonds is 3. The molecule has 3 aromatic rings. The Morgan fingerprint density at radius 2 is 2.08 bits per heavy atom. The zero-order chi connectivity index (χ0) is 17.4. The van der Waals surface area contributed by atoms with Crippen LogP contribution in [0.4, 0.5) is 5.82 Å². The van der Waals surface area contributed by atoms with E-state index in [1.54, 1.807) is 17.5 Å². The fourth-order valence-corrected chi connectivity index (χ4v) is 4.12. The monoisotopic (exact) mass is 355 g/mol. The van der Waals surface area contributed by atoms with Gasteiger partial charge in [0, 0.05) is 11.6 Å². The van der Waals surface area contributed by atoms with Crippen molar-refractivity contribution in [3.8, 4) is 0 Å². The van der Waals surface area contributed by atoms with Gasteiger partial charge in [0.25, 0.3) is 5.91 Å². The Morgan fingerprint density at radius 1 is 1.28 bits per heavy atom. The quantitative estimate of drug-likeness (QED) is 0.783. The van der Waals surface area contributed by atoms with E-state index < -0.39 is 0 Å². The Bertz CT molecular complexity index is 907. The highest BCUT2D eigenvalue weighted by Crippen LogP contribution is 2.26. The summed E-state index contributed by atoms with van der Waals surface area (Å²) in [7, 11) is 2.14. The zero-order valence-corrected chi connectivity index (χ0v) is 15.2. The molecule has 0 unspecified atom stereocenters. The number of hydrogen-bond acceptors (Lipinski definition) is 5. The van der Waals surface area contributed by atoms with Gasteiger partial charge in [-0.2, -0.15) is 5.10 Å². The van der Waals surface area contributed by atoms with E-state index in [0.717, 1.165) is 47.0 Å². The molecule has 25 heavy (non-hydrogen) atoms. The first-order chi connectivity index (χ1) is 12.1. The van der Waals surface area contributed by atoms with E-state index in [4.69, 9.17) is 0 Å². The van der Waals surface area contributed by atoms with Crippen LogP contribution < -0.4 is 5.32 Å². The number of aromatic nitrogens is 3. The first kappa shape index (κ1) is 16.2. The summed E-state index contributed by atoms with van der Waals surface area (Å²) >= 11 is 1.64. The van der Waals surface area contributed by atoms with E-state index in [1.165, 1.54) is 0 Å². The second-order valence-corrected chi connectivity index (χ2v) is 7.80. The molecule has 0 spiro atoms. The summed E-state index contributed by atoms with van der Waals surface area (Å²) in [6.07, 6.45) is 3.84. The molecule has 2 aromatic heterocycles. The number of hydrogen-bond donors (Lipinski definition) is 1. The molecule has 1 aromatic carbocycles. The lowest BCUT2D eigenvalue weighted by molar-refractivity contribution is 0.102. The van der Waals surface area contributed by atoms with Crippen molar-refractivity contribution in [1.82, 2.24) is 19.7 Å². The molecule has 1 aliphatic rings. The molecule has 0 aliphatic carbocycles. The molecule has 3 heterocycles. The molecule has 1 aliphatic heterocycles. The van der Waals surface area contributed by atoms with Crippen molar-refractivity contribution in [2.75, 3.05) is 25.5 Å². The van der Waals surface area contributed by atoms with Crippen LogP contribution in [-0.2, 0) is 0 Å². The number of anilines is 1. The minimum Gasteiger partial charge on any atom is -0.307 e. The number of piperidine rings is 1. The first-order valence-electron chi connectivity index (χ1n) is 8.51. The number of thiazole rings is 1. The van der Waals surface area contributed by atoms with E-state index in [-0.39, 0.29) is 5.91 Å². The lowest BCUT2D eigenvalue weighted by Crippen LogP contribution is -2.32. The van der Waals surface area contributed by atoms with Crippen LogP contribution in [0.5, 0.6) is 0 Å². The Kier molecular flexibility index (Phi) is 4.27. The number of benzene rings is 1. The van der Waals surface area contributed by atoms with E-state index >= 15 is 0 Å². The number of nitrogens with zero attached hydrogens (tertiary/aromatic N) is 4. The average Bonchev–Trinajstić information content (AvgIpc) is 3.20. The number of aryl methyl sites for hydroxylation is 1. The van der Waals surface area contributed by atoms with Crippen LogP contribution in [0.3, 0.4) is 0 Å². The van der Waals surface area contributed by atoms with Crippen molar-refractivity contribution in [2.24, 2.45) is 0 Å². The summed E-state index contributed by atoms with van der Waals surface area (Å²) < 4.78 is 3.06. The predicted octanol–water partition coefficient (Wildman–Crippen LogP) is 3.32. The van der Waals surface area contributed by atoms with Crippen LogP contribution in [0.1, 0.15) is 34.2 Å². The van der Waals surface area contributed by atoms with E-state index in [2.05, 4.69) is 27.3 Å². The fraction of sp³-hybridized carbons (Fsp3) is 0.389. The van der Waals surface area contributed by atoms with Crippen LogP contribution in [-0.4, -0.2) is 45.7 Å². The van der Waals surface area contributed by atoms with Gasteiger partial charge in [0.05, 0.1) is 27.5 Å². The Balaban J connectivity index is 1.53. The molecular weight excluding hydrogens is 334 g/mol. The molecule has 7 heteroatoms. The van der Waals surface area contributed by atoms with Crippen molar-refractivity contribution in [3.63, 3.8) is 0 Å². The normalized spacial score (nSPS) is 16.4. The third kappa shape index (κ3) is 3.29. The van der Waals surface area contributed by atoms with Crippen LogP contribution >= 0.6 is 11.3 Å². The zero-order valence-electron chi connectivity index (χ0n) is 14.4. The SMILES string of the molecule is Cc1nc2cc(C(=O)Nc3ccnn3C3CCN(C)CC3)ccc2s1. The summed E-state index contributed by atoms with van der Waals surface area (Å²) in [4.78, 5) is 19.5. The summed E-state index contributed by atoms with van der Waals surface area (Å²) in [5.74, 6) is 0.635. The second kappa shape index (κ2) is 6.57. The molecule has 6 nitrogen and oxygen atoms in total. The van der Waals surface area contributed by atoms with Crippen LogP contribution in [0, 0.1) is 6.92 Å². The van der Waals surface area contributed by atoms with Gasteiger partial charge < -0.3 is 10.2 Å². The molecule has 1 fully saturated rings. The van der Waals surface area contributed by atoms with Gasteiger partial charge in [-0.25, -0.2) is 9.67 Å². The van der Waals surface area contributed by atoms with Gasteiger partial charge in [0.15, 0.2) is 0 Å². The smallest absolute Gasteiger partial charge is 0.256 e. The molecule has 0 radical (unpaired) electrons. The van der Waals surface area contributed by atoms with Gasteiger partial charge in [0.1, 0.15) is 5.82 Å². The molecule has 1 saturated heterocycles. The number of nitrogens with one attached hydrogen (secondary N) is 1. The lowest BCUT2D eigenvalue weighted by Gasteiger charge is -2.30. The third-order valence-corrected chi connectivity index (χ3v) is 5.65. The van der Waals surface area contributed by atoms with Gasteiger partial charge in [-0.05, 0) is 58.1 Å². The maximum absolute atomic E-state index is 12.7. The Labute approximate surface area is 150 Å². The number of fused-ring (bicyclic) bond motifs is 1. The van der Waals surface area contributed by atoms with Crippen molar-refractivity contribution >= 4 is 33.3 Å². The minimum atomic E-state index is -0.123. The maximum Gasteiger partial charge on any atom is 0.256 e. The number of likely N-dealkylation sites (tertiary alicyclic amines) is 1. The van der Waals surface area contributed by atoms with Crippen molar-refractivity contribution in [1.29, 1.82) is 0 Å². The molecular formula is C18H21N5OS. The first-order valence-corrected chi connectivity index (χ1v) is 9.32. The summed E-state index contributed by atoms with van der Waals surface area (Å²) in [5.41, 5.74) is 1.49. The second-order valence-electron chi connectivity index (χ2n) is 6.56. The van der Waals surface area contributed by atoms with Crippen molar-refractivity contribution in [3.05, 3.63) is 41.0 Å². The highest BCUT2D eigenvalue weighted by Gasteiger charge is 2.21. The van der Waals surface area contributed by atoms with Gasteiger partial charge in [-0.15, -0.1) is 11.3 Å². The summed E-state index contributed by atoms with van der Waals surface area (Å²) in [6.45, 7) is 4.08. The fourth-order valence-electron chi connectivity index (χ4n) is 3.32. The Hall–Kier alpha value is -2.25. The molecule has 4 rings (SSSR count). The maximum atomic E-state index is 12.7. The Morgan fingerprint density at radius 3 is 2.88 bits per heavy atom. The number of carbonyl (C=O) groups is 1. The van der Waals surface area contributed by atoms with E-state index in [9.17, 15) is 4.79 Å². The highest BCUT2D eigenvalue weighted by atomic mass is 32.1. The van der Waals surface area contributed by atoms with E-state index in [1.807, 2.05) is 35.9 Å². The van der Waals surface area contributed by atoms with Gasteiger partial charge in [-0.1, -0.05) is 0 Å². The van der Waals surface area contributed by atoms with Crippen LogP contribution in [0.15, 0.2) is 30.5 Å². The average molecular weight is 355 g/mol. The predicted molar refractivity (Wildman–Crippen MR) is 100 cm³/mol. The van der Waals surface area contributed by atoms with Crippen molar-refractivity contribution < 1.29 is 4.79 Å². The molecule has 0 saturated carbocycles. The molecule has 0 atom stereocenters. The standard InChI is InChI=1S/C18H21N5OS/c1-12-20-15-11-13(3-4-16(15)25-12)18(24)21-17-5-8-19-23(17)14-6-9-22(2)10-7-14/h3-5,8,11,14H,6-7,9-10H2,1-2H3,(H,21,24). The van der Waals surface area contributed by atoms with Crippen LogP contribution in [0.25, 0.3) is 10.2 Å². The summed E-state index contributed by atoms with van der Waals surface area (Å²) in [6, 6.07) is 7.87. The number of carbonyl (C=O) groups excluding carboxylic acids is 1. The highest BCUT2D eigenvalue weighted by molar-refractivity contribution is 7.18. The summed E-state index contributed by atoms with van der Waals surface area (Å²) in [5, 5.41) is 8.46. The largest absolute Gasteiger partial charge is 0.307 e. The van der Waals surface area contributed by atoms with E-state index in [0.29, 0.717) is 11.6 Å². The van der Waals surface area contributed by atoms with Gasteiger partial charge in [-0.3, -0.25) is 4.79 Å².